The van der Waals surface area contributed by atoms with Crippen LogP contribution in [0.2, 0.25) is 5.02 Å². The van der Waals surface area contributed by atoms with Crippen molar-refractivity contribution in [2.75, 3.05) is 0 Å². The Morgan fingerprint density at radius 1 is 1.40 bits per heavy atom. The molecule has 0 fully saturated rings. The van der Waals surface area contributed by atoms with Crippen LogP contribution >= 0.6 is 11.6 Å². The molecule has 0 saturated heterocycles. The Morgan fingerprint density at radius 3 is 2.90 bits per heavy atom. The Morgan fingerprint density at radius 2 is 2.20 bits per heavy atom. The van der Waals surface area contributed by atoms with Gasteiger partial charge in [0.15, 0.2) is 0 Å². The number of carboxylic acid groups (broad SMARTS) is 1. The lowest BCUT2D eigenvalue weighted by Crippen LogP contribution is -1.95. The Kier molecular flexibility index (Phi) is 4.68. The van der Waals surface area contributed by atoms with Gasteiger partial charge in [0, 0.05) is 18.4 Å². The molecule has 0 aliphatic heterocycles. The molecular weight excluding hydrogens is 287 g/mol. The molecule has 0 spiro atoms. The fourth-order valence-electron chi connectivity index (χ4n) is 1.66. The lowest BCUT2D eigenvalue weighted by atomic mass is 10.2. The van der Waals surface area contributed by atoms with Gasteiger partial charge in [-0.05, 0) is 31.0 Å². The van der Waals surface area contributed by atoms with Crippen LogP contribution in [-0.4, -0.2) is 21.2 Å². The van der Waals surface area contributed by atoms with Gasteiger partial charge in [0.25, 0.3) is 0 Å². The van der Waals surface area contributed by atoms with Gasteiger partial charge >= 0.3 is 5.97 Å². The minimum Gasteiger partial charge on any atom is -0.481 e. The van der Waals surface area contributed by atoms with Gasteiger partial charge < -0.3 is 9.63 Å². The molecule has 0 radical (unpaired) electrons. The van der Waals surface area contributed by atoms with Gasteiger partial charge in [0.1, 0.15) is 5.82 Å². The molecule has 0 aliphatic rings. The molecule has 7 heteroatoms. The highest BCUT2D eigenvalue weighted by atomic mass is 35.5. The van der Waals surface area contributed by atoms with Gasteiger partial charge in [-0.2, -0.15) is 4.98 Å². The van der Waals surface area contributed by atoms with Crippen LogP contribution in [0, 0.1) is 5.82 Å². The number of nitrogens with zero attached hydrogens (tertiary/aromatic N) is 2. The highest BCUT2D eigenvalue weighted by Crippen LogP contribution is 2.23. The van der Waals surface area contributed by atoms with E-state index in [4.69, 9.17) is 21.2 Å². The number of aliphatic carboxylic acids is 1. The van der Waals surface area contributed by atoms with Crippen molar-refractivity contribution in [2.45, 2.75) is 25.7 Å². The molecule has 1 aromatic heterocycles. The summed E-state index contributed by atoms with van der Waals surface area (Å²) in [5, 5.41) is 12.3. The lowest BCUT2D eigenvalue weighted by molar-refractivity contribution is -0.137. The number of aromatic nitrogens is 2. The SMILES string of the molecule is O=C(O)CCCCc1nc(-c2ccc(F)c(Cl)c2)no1. The van der Waals surface area contributed by atoms with E-state index < -0.39 is 11.8 Å². The second kappa shape index (κ2) is 6.47. The third-order valence-electron chi connectivity index (χ3n) is 2.68. The molecule has 0 atom stereocenters. The monoisotopic (exact) mass is 298 g/mol. The smallest absolute Gasteiger partial charge is 0.303 e. The van der Waals surface area contributed by atoms with Crippen LogP contribution < -0.4 is 0 Å². The van der Waals surface area contributed by atoms with Gasteiger partial charge in [-0.1, -0.05) is 16.8 Å². The predicted molar refractivity (Wildman–Crippen MR) is 69.9 cm³/mol. The van der Waals surface area contributed by atoms with Crippen molar-refractivity contribution in [3.05, 3.63) is 34.9 Å². The van der Waals surface area contributed by atoms with Gasteiger partial charge in [-0.3, -0.25) is 4.79 Å². The highest BCUT2D eigenvalue weighted by Gasteiger charge is 2.10. The third kappa shape index (κ3) is 3.77. The van der Waals surface area contributed by atoms with E-state index in [1.807, 2.05) is 0 Å². The number of carboxylic acids is 1. The zero-order chi connectivity index (χ0) is 14.5. The average molecular weight is 299 g/mol. The number of hydrogen-bond donors (Lipinski definition) is 1. The topological polar surface area (TPSA) is 76.2 Å². The van der Waals surface area contributed by atoms with Crippen molar-refractivity contribution in [1.82, 2.24) is 10.1 Å². The molecular formula is C13H12ClFN2O3. The molecule has 1 aromatic carbocycles. The molecule has 0 saturated carbocycles. The number of carbonyl (C=O) groups is 1. The number of hydrogen-bond acceptors (Lipinski definition) is 4. The van der Waals surface area contributed by atoms with Crippen LogP contribution in [-0.2, 0) is 11.2 Å². The Labute approximate surface area is 119 Å². The maximum absolute atomic E-state index is 13.0. The molecule has 2 aromatic rings. The van der Waals surface area contributed by atoms with E-state index in [0.717, 1.165) is 0 Å². The zero-order valence-electron chi connectivity index (χ0n) is 10.5. The summed E-state index contributed by atoms with van der Waals surface area (Å²) >= 11 is 5.69. The van der Waals surface area contributed by atoms with Gasteiger partial charge in [0.2, 0.25) is 11.7 Å². The molecule has 1 heterocycles. The van der Waals surface area contributed by atoms with E-state index in [1.54, 1.807) is 0 Å². The van der Waals surface area contributed by atoms with Crippen molar-refractivity contribution >= 4 is 17.6 Å². The highest BCUT2D eigenvalue weighted by molar-refractivity contribution is 6.31. The van der Waals surface area contributed by atoms with Crippen LogP contribution in [0.1, 0.15) is 25.2 Å². The quantitative estimate of drug-likeness (QED) is 0.828. The molecule has 0 bridgehead atoms. The number of unbranched alkanes of at least 4 members (excludes halogenated alkanes) is 1. The summed E-state index contributed by atoms with van der Waals surface area (Å²) in [6, 6.07) is 4.18. The number of aryl methyl sites for hydroxylation is 1. The summed E-state index contributed by atoms with van der Waals surface area (Å²) in [7, 11) is 0. The standard InChI is InChI=1S/C13H12ClFN2O3/c14-9-7-8(5-6-10(9)15)13-16-11(20-17-13)3-1-2-4-12(18)19/h5-7H,1-4H2,(H,18,19). The Balaban J connectivity index is 1.97. The first-order valence-electron chi connectivity index (χ1n) is 6.06. The molecule has 1 N–H and O–H groups in total. The summed E-state index contributed by atoms with van der Waals surface area (Å²) in [5.41, 5.74) is 0.567. The summed E-state index contributed by atoms with van der Waals surface area (Å²) in [5.74, 6) is -0.573. The minimum atomic E-state index is -0.822. The van der Waals surface area contributed by atoms with E-state index >= 15 is 0 Å². The molecule has 20 heavy (non-hydrogen) atoms. The van der Waals surface area contributed by atoms with Crippen molar-refractivity contribution in [3.63, 3.8) is 0 Å². The maximum atomic E-state index is 13.0. The third-order valence-corrected chi connectivity index (χ3v) is 2.97. The summed E-state index contributed by atoms with van der Waals surface area (Å²) in [4.78, 5) is 14.5. The first kappa shape index (κ1) is 14.5. The van der Waals surface area contributed by atoms with E-state index in [0.29, 0.717) is 36.5 Å². The molecule has 5 nitrogen and oxygen atoms in total. The van der Waals surface area contributed by atoms with E-state index in [-0.39, 0.29) is 11.4 Å². The van der Waals surface area contributed by atoms with Crippen molar-refractivity contribution in [1.29, 1.82) is 0 Å². The maximum Gasteiger partial charge on any atom is 0.303 e. The first-order chi connectivity index (χ1) is 9.56. The second-order valence-electron chi connectivity index (χ2n) is 4.24. The van der Waals surface area contributed by atoms with Crippen LogP contribution in [0.3, 0.4) is 0 Å². The minimum absolute atomic E-state index is 0.00434. The Hall–Kier alpha value is -1.95. The van der Waals surface area contributed by atoms with E-state index in [1.165, 1.54) is 18.2 Å². The molecule has 106 valence electrons. The summed E-state index contributed by atoms with van der Waals surface area (Å²) in [6.07, 6.45) is 1.83. The zero-order valence-corrected chi connectivity index (χ0v) is 11.2. The molecule has 0 aliphatic carbocycles. The normalized spacial score (nSPS) is 10.7. The number of halogens is 2. The second-order valence-corrected chi connectivity index (χ2v) is 4.65. The van der Waals surface area contributed by atoms with Crippen molar-refractivity contribution < 1.29 is 18.8 Å². The molecule has 0 unspecified atom stereocenters. The van der Waals surface area contributed by atoms with Gasteiger partial charge in [-0.15, -0.1) is 0 Å². The number of rotatable bonds is 6. The summed E-state index contributed by atoms with van der Waals surface area (Å²) < 4.78 is 18.1. The van der Waals surface area contributed by atoms with Crippen molar-refractivity contribution in [2.24, 2.45) is 0 Å². The summed E-state index contributed by atoms with van der Waals surface area (Å²) in [6.45, 7) is 0. The molecule has 2 rings (SSSR count). The average Bonchev–Trinajstić information content (AvgIpc) is 2.86. The fraction of sp³-hybridized carbons (Fsp3) is 0.308. The first-order valence-corrected chi connectivity index (χ1v) is 6.44. The van der Waals surface area contributed by atoms with Crippen LogP contribution in [0.25, 0.3) is 11.4 Å². The number of benzene rings is 1. The van der Waals surface area contributed by atoms with Crippen LogP contribution in [0.5, 0.6) is 0 Å². The van der Waals surface area contributed by atoms with E-state index in [2.05, 4.69) is 10.1 Å². The van der Waals surface area contributed by atoms with Gasteiger partial charge in [-0.25, -0.2) is 4.39 Å². The largest absolute Gasteiger partial charge is 0.481 e. The lowest BCUT2D eigenvalue weighted by Gasteiger charge is -1.96. The van der Waals surface area contributed by atoms with Crippen LogP contribution in [0.15, 0.2) is 22.7 Å². The molecule has 0 amide bonds. The van der Waals surface area contributed by atoms with Gasteiger partial charge in [0.05, 0.1) is 5.02 Å². The Bertz CT molecular complexity index is 615. The van der Waals surface area contributed by atoms with E-state index in [9.17, 15) is 9.18 Å². The van der Waals surface area contributed by atoms with Crippen LogP contribution in [0.4, 0.5) is 4.39 Å². The fourth-order valence-corrected chi connectivity index (χ4v) is 1.84. The van der Waals surface area contributed by atoms with Crippen molar-refractivity contribution in [3.8, 4) is 11.4 Å². The predicted octanol–water partition coefficient (Wildman–Crippen LogP) is 3.33.